The van der Waals surface area contributed by atoms with E-state index in [9.17, 15) is 8.42 Å². The van der Waals surface area contributed by atoms with E-state index in [1.807, 2.05) is 0 Å². The van der Waals surface area contributed by atoms with Gasteiger partial charge >= 0.3 is 0 Å². The van der Waals surface area contributed by atoms with Crippen LogP contribution in [0, 0.1) is 0 Å². The molecule has 1 rings (SSSR count). The lowest BCUT2D eigenvalue weighted by atomic mass is 10.2. The monoisotopic (exact) mass is 340 g/mol. The molecule has 0 saturated heterocycles. The summed E-state index contributed by atoms with van der Waals surface area (Å²) in [6.07, 6.45) is 0.560. The lowest BCUT2D eigenvalue weighted by Gasteiger charge is -2.15. The molecule has 0 radical (unpaired) electrons. The van der Waals surface area contributed by atoms with Gasteiger partial charge < -0.3 is 10.5 Å². The molecule has 0 fully saturated rings. The predicted molar refractivity (Wildman–Crippen MR) is 80.6 cm³/mol. The van der Waals surface area contributed by atoms with E-state index in [1.54, 1.807) is 14.0 Å². The van der Waals surface area contributed by atoms with Gasteiger partial charge in [0.25, 0.3) is 0 Å². The van der Waals surface area contributed by atoms with E-state index >= 15 is 0 Å². The first kappa shape index (κ1) is 17.7. The Bertz CT molecular complexity index is 564. The van der Waals surface area contributed by atoms with Crippen LogP contribution in [0.25, 0.3) is 0 Å². The summed E-state index contributed by atoms with van der Waals surface area (Å²) in [7, 11) is -2.16. The summed E-state index contributed by atoms with van der Waals surface area (Å²) in [4.78, 5) is -0.0201. The van der Waals surface area contributed by atoms with Crippen LogP contribution in [0.1, 0.15) is 18.9 Å². The number of rotatable bonds is 7. The number of hydrogen-bond acceptors (Lipinski definition) is 4. The highest BCUT2D eigenvalue weighted by Crippen LogP contribution is 2.28. The fourth-order valence-corrected chi connectivity index (χ4v) is 3.77. The van der Waals surface area contributed by atoms with Crippen molar-refractivity contribution >= 4 is 33.2 Å². The molecular weight excluding hydrogens is 323 g/mol. The van der Waals surface area contributed by atoms with Crippen LogP contribution in [0.4, 0.5) is 0 Å². The van der Waals surface area contributed by atoms with E-state index in [4.69, 9.17) is 33.7 Å². The Hall–Kier alpha value is -0.370. The van der Waals surface area contributed by atoms with Crippen molar-refractivity contribution in [3.05, 3.63) is 27.7 Å². The first-order chi connectivity index (χ1) is 9.31. The van der Waals surface area contributed by atoms with Crippen molar-refractivity contribution < 1.29 is 13.2 Å². The summed E-state index contributed by atoms with van der Waals surface area (Å²) in [5.41, 5.74) is 6.05. The first-order valence-electron chi connectivity index (χ1n) is 6.01. The van der Waals surface area contributed by atoms with Crippen LogP contribution < -0.4 is 10.5 Å². The van der Waals surface area contributed by atoms with Gasteiger partial charge in [0.05, 0.1) is 5.02 Å². The highest BCUT2D eigenvalue weighted by Gasteiger charge is 2.21. The number of nitrogens with two attached hydrogens (primary N) is 1. The topological polar surface area (TPSA) is 81.4 Å². The van der Waals surface area contributed by atoms with E-state index < -0.39 is 10.0 Å². The third-order valence-electron chi connectivity index (χ3n) is 2.72. The molecule has 3 N–H and O–H groups in total. The van der Waals surface area contributed by atoms with E-state index in [1.165, 1.54) is 12.1 Å². The average Bonchev–Trinajstić information content (AvgIpc) is 2.35. The zero-order valence-corrected chi connectivity index (χ0v) is 13.6. The van der Waals surface area contributed by atoms with Crippen molar-refractivity contribution in [2.45, 2.75) is 30.8 Å². The Morgan fingerprint density at radius 3 is 2.55 bits per heavy atom. The molecule has 0 heterocycles. The summed E-state index contributed by atoms with van der Waals surface area (Å²) in [6.45, 7) is 2.36. The Labute approximate surface area is 129 Å². The van der Waals surface area contributed by atoms with Gasteiger partial charge in [0.2, 0.25) is 10.0 Å². The number of methoxy groups -OCH3 is 1. The summed E-state index contributed by atoms with van der Waals surface area (Å²) in [5, 5.41) is 0.419. The quantitative estimate of drug-likeness (QED) is 0.796. The molecule has 1 atom stereocenters. The van der Waals surface area contributed by atoms with Crippen LogP contribution in [0.5, 0.6) is 0 Å². The average molecular weight is 341 g/mol. The number of benzene rings is 1. The number of sulfonamides is 1. The van der Waals surface area contributed by atoms with Gasteiger partial charge in [-0.3, -0.25) is 0 Å². The van der Waals surface area contributed by atoms with Crippen LogP contribution >= 0.6 is 23.2 Å². The zero-order valence-electron chi connectivity index (χ0n) is 11.3. The van der Waals surface area contributed by atoms with Crippen molar-refractivity contribution in [2.24, 2.45) is 5.73 Å². The minimum Gasteiger partial charge on any atom is -0.385 e. The molecule has 0 aliphatic carbocycles. The van der Waals surface area contributed by atoms with Gasteiger partial charge in [-0.2, -0.15) is 0 Å². The SMILES string of the molecule is COCCC(C)NS(=O)(=O)c1cc(CN)c(Cl)cc1Cl. The standard InChI is InChI=1S/C12H18Cl2N2O3S/c1-8(3-4-19-2)16-20(17,18)12-5-9(7-15)10(13)6-11(12)14/h5-6,8,16H,3-4,7,15H2,1-2H3. The number of ether oxygens (including phenoxy) is 1. The van der Waals surface area contributed by atoms with Crippen LogP contribution in [0.2, 0.25) is 10.0 Å². The molecule has 5 nitrogen and oxygen atoms in total. The molecule has 0 spiro atoms. The Balaban J connectivity index is 3.03. The molecule has 20 heavy (non-hydrogen) atoms. The third-order valence-corrected chi connectivity index (χ3v) is 5.13. The molecule has 114 valence electrons. The van der Waals surface area contributed by atoms with E-state index in [0.717, 1.165) is 0 Å². The van der Waals surface area contributed by atoms with Crippen molar-refractivity contribution in [1.29, 1.82) is 0 Å². The number of nitrogens with one attached hydrogen (secondary N) is 1. The highest BCUT2D eigenvalue weighted by atomic mass is 35.5. The molecule has 0 amide bonds. The fraction of sp³-hybridized carbons (Fsp3) is 0.500. The molecule has 0 aromatic heterocycles. The van der Waals surface area contributed by atoms with Crippen LogP contribution in [0.3, 0.4) is 0 Å². The summed E-state index contributed by atoms with van der Waals surface area (Å²) >= 11 is 11.9. The number of hydrogen-bond donors (Lipinski definition) is 2. The zero-order chi connectivity index (χ0) is 15.3. The second kappa shape index (κ2) is 7.59. The van der Waals surface area contributed by atoms with Gasteiger partial charge in [-0.05, 0) is 31.0 Å². The smallest absolute Gasteiger partial charge is 0.242 e. The van der Waals surface area contributed by atoms with Crippen LogP contribution in [-0.2, 0) is 21.3 Å². The van der Waals surface area contributed by atoms with Crippen molar-refractivity contribution in [3.8, 4) is 0 Å². The lowest BCUT2D eigenvalue weighted by molar-refractivity contribution is 0.188. The molecule has 0 aliphatic rings. The largest absolute Gasteiger partial charge is 0.385 e. The summed E-state index contributed by atoms with van der Waals surface area (Å²) in [6, 6.07) is 2.52. The minimum absolute atomic E-state index is 0.0201. The Kier molecular flexibility index (Phi) is 6.71. The third kappa shape index (κ3) is 4.58. The van der Waals surface area contributed by atoms with Gasteiger partial charge in [0.1, 0.15) is 4.90 Å². The molecule has 1 unspecified atom stereocenters. The second-order valence-corrected chi connectivity index (χ2v) is 6.88. The normalized spacial score (nSPS) is 13.4. The van der Waals surface area contributed by atoms with Gasteiger partial charge in [0.15, 0.2) is 0 Å². The van der Waals surface area contributed by atoms with E-state index in [-0.39, 0.29) is 22.5 Å². The van der Waals surface area contributed by atoms with E-state index in [0.29, 0.717) is 23.6 Å². The van der Waals surface area contributed by atoms with Crippen LogP contribution in [0.15, 0.2) is 17.0 Å². The fourth-order valence-electron chi connectivity index (χ4n) is 1.62. The number of halogens is 2. The van der Waals surface area contributed by atoms with Gasteiger partial charge in [-0.25, -0.2) is 13.1 Å². The maximum absolute atomic E-state index is 12.3. The second-order valence-electron chi connectivity index (χ2n) is 4.38. The van der Waals surface area contributed by atoms with Gasteiger partial charge in [-0.15, -0.1) is 0 Å². The molecule has 1 aromatic rings. The maximum atomic E-state index is 12.3. The Morgan fingerprint density at radius 2 is 2.00 bits per heavy atom. The van der Waals surface area contributed by atoms with Gasteiger partial charge in [-0.1, -0.05) is 23.2 Å². The molecular formula is C12H18Cl2N2O3S. The molecule has 0 aliphatic heterocycles. The Morgan fingerprint density at radius 1 is 1.35 bits per heavy atom. The predicted octanol–water partition coefficient (Wildman–Crippen LogP) is 2.16. The molecule has 1 aromatic carbocycles. The van der Waals surface area contributed by atoms with E-state index in [2.05, 4.69) is 4.72 Å². The first-order valence-corrected chi connectivity index (χ1v) is 8.25. The molecule has 0 bridgehead atoms. The highest BCUT2D eigenvalue weighted by molar-refractivity contribution is 7.89. The van der Waals surface area contributed by atoms with Crippen molar-refractivity contribution in [1.82, 2.24) is 4.72 Å². The van der Waals surface area contributed by atoms with Crippen LogP contribution in [-0.4, -0.2) is 28.2 Å². The summed E-state index contributed by atoms with van der Waals surface area (Å²) < 4.78 is 32.0. The maximum Gasteiger partial charge on any atom is 0.242 e. The molecule has 8 heteroatoms. The van der Waals surface area contributed by atoms with Gasteiger partial charge in [0, 0.05) is 31.3 Å². The molecule has 0 saturated carbocycles. The minimum atomic E-state index is -3.72. The lowest BCUT2D eigenvalue weighted by Crippen LogP contribution is -2.33. The summed E-state index contributed by atoms with van der Waals surface area (Å²) in [5.74, 6) is 0. The van der Waals surface area contributed by atoms with Crippen molar-refractivity contribution in [3.63, 3.8) is 0 Å². The van der Waals surface area contributed by atoms with Crippen molar-refractivity contribution in [2.75, 3.05) is 13.7 Å².